The van der Waals surface area contributed by atoms with Gasteiger partial charge >= 0.3 is 0 Å². The van der Waals surface area contributed by atoms with Gasteiger partial charge in [0.2, 0.25) is 5.91 Å². The molecule has 1 aliphatic rings. The zero-order valence-electron chi connectivity index (χ0n) is 12.8. The number of ether oxygens (including phenoxy) is 1. The summed E-state index contributed by atoms with van der Waals surface area (Å²) in [6.07, 6.45) is 1.93. The number of nitrogens with one attached hydrogen (secondary N) is 1. The number of nitrogens with two attached hydrogens (primary N) is 1. The summed E-state index contributed by atoms with van der Waals surface area (Å²) in [5.74, 6) is 0.520. The summed E-state index contributed by atoms with van der Waals surface area (Å²) in [5, 5.41) is 2.85. The van der Waals surface area contributed by atoms with Crippen LogP contribution in [-0.2, 0) is 4.79 Å². The van der Waals surface area contributed by atoms with Gasteiger partial charge in [0, 0.05) is 26.2 Å². The summed E-state index contributed by atoms with van der Waals surface area (Å²) in [4.78, 5) is 14.2. The van der Waals surface area contributed by atoms with Crippen LogP contribution in [0.5, 0.6) is 5.75 Å². The van der Waals surface area contributed by atoms with Gasteiger partial charge in [-0.3, -0.25) is 9.69 Å². The van der Waals surface area contributed by atoms with Crippen molar-refractivity contribution in [1.29, 1.82) is 0 Å². The van der Waals surface area contributed by atoms with E-state index in [0.29, 0.717) is 25.4 Å². The van der Waals surface area contributed by atoms with Crippen LogP contribution in [0.25, 0.3) is 0 Å². The number of carbonyl (C=O) groups is 1. The predicted octanol–water partition coefficient (Wildman–Crippen LogP) is 0.991. The number of carbonyl (C=O) groups excluding carboxylic acids is 1. The van der Waals surface area contributed by atoms with Gasteiger partial charge in [0.05, 0.1) is 5.92 Å². The van der Waals surface area contributed by atoms with E-state index in [4.69, 9.17) is 10.5 Å². The standard InChI is InChI=1S/C16H24FN3O2/c17-14-3-5-15(6-4-14)22-11-10-20-9-1-2-13(12-20)16(21)19-8-7-18/h3-6,13H,1-2,7-12,18H2,(H,19,21). The third kappa shape index (κ3) is 5.27. The molecule has 3 N–H and O–H groups in total. The van der Waals surface area contributed by atoms with Crippen LogP contribution in [-0.4, -0.2) is 50.1 Å². The van der Waals surface area contributed by atoms with Crippen LogP contribution in [0.3, 0.4) is 0 Å². The van der Waals surface area contributed by atoms with Crippen LogP contribution < -0.4 is 15.8 Å². The fraction of sp³-hybridized carbons (Fsp3) is 0.562. The highest BCUT2D eigenvalue weighted by Crippen LogP contribution is 2.17. The minimum Gasteiger partial charge on any atom is -0.492 e. The van der Waals surface area contributed by atoms with Crippen LogP contribution in [0.2, 0.25) is 0 Å². The summed E-state index contributed by atoms with van der Waals surface area (Å²) >= 11 is 0. The first kappa shape index (κ1) is 16.7. The minimum absolute atomic E-state index is 0.0334. The summed E-state index contributed by atoms with van der Waals surface area (Å²) in [5.41, 5.74) is 5.40. The number of hydrogen-bond acceptors (Lipinski definition) is 4. The van der Waals surface area contributed by atoms with Crippen molar-refractivity contribution in [2.45, 2.75) is 12.8 Å². The smallest absolute Gasteiger partial charge is 0.224 e. The molecule has 1 heterocycles. The number of nitrogens with zero attached hydrogens (tertiary/aromatic N) is 1. The maximum absolute atomic E-state index is 12.8. The monoisotopic (exact) mass is 309 g/mol. The zero-order valence-corrected chi connectivity index (χ0v) is 12.8. The third-order valence-electron chi connectivity index (χ3n) is 3.81. The molecule has 1 aliphatic heterocycles. The lowest BCUT2D eigenvalue weighted by molar-refractivity contribution is -0.126. The van der Waals surface area contributed by atoms with Crippen molar-refractivity contribution in [2.75, 3.05) is 39.3 Å². The fourth-order valence-corrected chi connectivity index (χ4v) is 2.64. The Kier molecular flexibility index (Phi) is 6.61. The molecular formula is C16H24FN3O2. The Morgan fingerprint density at radius 2 is 2.18 bits per heavy atom. The molecule has 0 spiro atoms. The number of rotatable bonds is 7. The Morgan fingerprint density at radius 1 is 1.41 bits per heavy atom. The van der Waals surface area contributed by atoms with Gasteiger partial charge in [0.1, 0.15) is 18.2 Å². The van der Waals surface area contributed by atoms with E-state index in [1.54, 1.807) is 12.1 Å². The first-order valence-electron chi connectivity index (χ1n) is 7.77. The van der Waals surface area contributed by atoms with Gasteiger partial charge in [-0.15, -0.1) is 0 Å². The van der Waals surface area contributed by atoms with Crippen molar-refractivity contribution in [3.63, 3.8) is 0 Å². The van der Waals surface area contributed by atoms with E-state index < -0.39 is 0 Å². The average molecular weight is 309 g/mol. The van der Waals surface area contributed by atoms with Crippen molar-refractivity contribution in [3.05, 3.63) is 30.1 Å². The summed E-state index contributed by atoms with van der Waals surface area (Å²) in [7, 11) is 0. The summed E-state index contributed by atoms with van der Waals surface area (Å²) in [6, 6.07) is 6.01. The largest absolute Gasteiger partial charge is 0.492 e. The Morgan fingerprint density at radius 3 is 2.91 bits per heavy atom. The molecule has 6 heteroatoms. The van der Waals surface area contributed by atoms with Crippen molar-refractivity contribution in [1.82, 2.24) is 10.2 Å². The molecule has 0 aromatic heterocycles. The van der Waals surface area contributed by atoms with Crippen molar-refractivity contribution >= 4 is 5.91 Å². The molecule has 1 aromatic carbocycles. The summed E-state index contributed by atoms with van der Waals surface area (Å²) < 4.78 is 18.4. The average Bonchev–Trinajstić information content (AvgIpc) is 2.55. The van der Waals surface area contributed by atoms with Crippen LogP contribution >= 0.6 is 0 Å². The lowest BCUT2D eigenvalue weighted by Crippen LogP contribution is -2.45. The quantitative estimate of drug-likeness (QED) is 0.788. The topological polar surface area (TPSA) is 67.6 Å². The number of hydrogen-bond donors (Lipinski definition) is 2. The molecule has 5 nitrogen and oxygen atoms in total. The number of piperidine rings is 1. The Hall–Kier alpha value is -1.66. The molecule has 22 heavy (non-hydrogen) atoms. The van der Waals surface area contributed by atoms with Crippen molar-refractivity contribution in [2.24, 2.45) is 11.7 Å². The number of halogens is 1. The second-order valence-electron chi connectivity index (χ2n) is 5.52. The van der Waals surface area contributed by atoms with E-state index in [2.05, 4.69) is 10.2 Å². The number of benzene rings is 1. The van der Waals surface area contributed by atoms with E-state index in [1.807, 2.05) is 0 Å². The molecule has 1 saturated heterocycles. The molecule has 122 valence electrons. The molecule has 1 aromatic rings. The Labute approximate surface area is 130 Å². The Balaban J connectivity index is 1.71. The molecule has 0 saturated carbocycles. The van der Waals surface area contributed by atoms with Gasteiger partial charge in [0.25, 0.3) is 0 Å². The van der Waals surface area contributed by atoms with Gasteiger partial charge in [-0.1, -0.05) is 0 Å². The molecular weight excluding hydrogens is 285 g/mol. The number of amides is 1. The summed E-state index contributed by atoms with van der Waals surface area (Å²) in [6.45, 7) is 4.02. The number of likely N-dealkylation sites (tertiary alicyclic amines) is 1. The predicted molar refractivity (Wildman–Crippen MR) is 83.1 cm³/mol. The second kappa shape index (κ2) is 8.70. The maximum atomic E-state index is 12.8. The van der Waals surface area contributed by atoms with Gasteiger partial charge in [0.15, 0.2) is 0 Å². The van der Waals surface area contributed by atoms with Crippen molar-refractivity contribution in [3.8, 4) is 5.75 Å². The van der Waals surface area contributed by atoms with Gasteiger partial charge in [-0.2, -0.15) is 0 Å². The molecule has 1 unspecified atom stereocenters. The lowest BCUT2D eigenvalue weighted by atomic mass is 9.97. The SMILES string of the molecule is NCCNC(=O)C1CCCN(CCOc2ccc(F)cc2)C1. The van der Waals surface area contributed by atoms with Crippen LogP contribution in [0.4, 0.5) is 4.39 Å². The van der Waals surface area contributed by atoms with E-state index in [9.17, 15) is 9.18 Å². The van der Waals surface area contributed by atoms with Crippen molar-refractivity contribution < 1.29 is 13.9 Å². The first-order chi connectivity index (χ1) is 10.7. The highest BCUT2D eigenvalue weighted by Gasteiger charge is 2.25. The molecule has 0 aliphatic carbocycles. The molecule has 0 bridgehead atoms. The van der Waals surface area contributed by atoms with Gasteiger partial charge in [-0.25, -0.2) is 4.39 Å². The van der Waals surface area contributed by atoms with Gasteiger partial charge in [-0.05, 0) is 43.7 Å². The molecule has 1 atom stereocenters. The minimum atomic E-state index is -0.269. The third-order valence-corrected chi connectivity index (χ3v) is 3.81. The highest BCUT2D eigenvalue weighted by molar-refractivity contribution is 5.78. The van der Waals surface area contributed by atoms with E-state index in [-0.39, 0.29) is 17.6 Å². The Bertz CT molecular complexity index is 467. The van der Waals surface area contributed by atoms with Gasteiger partial charge < -0.3 is 15.8 Å². The van der Waals surface area contributed by atoms with Crippen LogP contribution in [0.1, 0.15) is 12.8 Å². The lowest BCUT2D eigenvalue weighted by Gasteiger charge is -2.31. The van der Waals surface area contributed by atoms with E-state index in [0.717, 1.165) is 32.5 Å². The molecule has 1 amide bonds. The van der Waals surface area contributed by atoms with Crippen LogP contribution in [0, 0.1) is 11.7 Å². The van der Waals surface area contributed by atoms with Crippen LogP contribution in [0.15, 0.2) is 24.3 Å². The normalized spacial score (nSPS) is 18.9. The zero-order chi connectivity index (χ0) is 15.8. The maximum Gasteiger partial charge on any atom is 0.224 e. The second-order valence-corrected chi connectivity index (χ2v) is 5.52. The molecule has 1 fully saturated rings. The fourth-order valence-electron chi connectivity index (χ4n) is 2.64. The van der Waals surface area contributed by atoms with E-state index >= 15 is 0 Å². The highest BCUT2D eigenvalue weighted by atomic mass is 19.1. The molecule has 2 rings (SSSR count). The first-order valence-corrected chi connectivity index (χ1v) is 7.77. The van der Waals surface area contributed by atoms with E-state index in [1.165, 1.54) is 12.1 Å². The molecule has 0 radical (unpaired) electrons.